The second kappa shape index (κ2) is 16.0. The lowest BCUT2D eigenvalue weighted by Crippen LogP contribution is -2.57. The molecule has 0 radical (unpaired) electrons. The first-order valence-corrected chi connectivity index (χ1v) is 11.4. The molecule has 0 spiro atoms. The van der Waals surface area contributed by atoms with Crippen LogP contribution >= 0.6 is 0 Å². The van der Waals surface area contributed by atoms with Crippen LogP contribution in [-0.2, 0) is 33.6 Å². The number of primary amides is 3. The van der Waals surface area contributed by atoms with Crippen LogP contribution in [0, 0.1) is 5.92 Å². The van der Waals surface area contributed by atoms with Crippen LogP contribution in [0.3, 0.4) is 0 Å². The van der Waals surface area contributed by atoms with Crippen molar-refractivity contribution in [1.29, 1.82) is 0 Å². The van der Waals surface area contributed by atoms with E-state index >= 15 is 0 Å². The van der Waals surface area contributed by atoms with E-state index in [2.05, 4.69) is 16.0 Å². The van der Waals surface area contributed by atoms with Crippen LogP contribution in [0.1, 0.15) is 58.8 Å². The van der Waals surface area contributed by atoms with E-state index in [1.807, 2.05) is 0 Å². The second-order valence-electron chi connectivity index (χ2n) is 8.77. The molecule has 6 amide bonds. The summed E-state index contributed by atoms with van der Waals surface area (Å²) in [5.41, 5.74) is 21.0. The van der Waals surface area contributed by atoms with Gasteiger partial charge in [-0.2, -0.15) is 0 Å². The maximum absolute atomic E-state index is 13.0. The number of rotatable bonds is 18. The van der Waals surface area contributed by atoms with Gasteiger partial charge >= 0.3 is 5.97 Å². The molecular weight excluding hydrogens is 478 g/mol. The van der Waals surface area contributed by atoms with Crippen LogP contribution in [0.15, 0.2) is 0 Å². The van der Waals surface area contributed by atoms with Crippen molar-refractivity contribution in [2.24, 2.45) is 28.9 Å². The fourth-order valence-electron chi connectivity index (χ4n) is 3.05. The maximum Gasteiger partial charge on any atom is 0.326 e. The molecule has 0 aliphatic carbocycles. The molecule has 0 aromatic heterocycles. The predicted octanol–water partition coefficient (Wildman–Crippen LogP) is -3.30. The Balaban J connectivity index is 5.56. The van der Waals surface area contributed by atoms with Crippen molar-refractivity contribution in [2.75, 3.05) is 0 Å². The average molecular weight is 516 g/mol. The summed E-state index contributed by atoms with van der Waals surface area (Å²) < 4.78 is 0. The highest BCUT2D eigenvalue weighted by atomic mass is 16.4. The molecule has 0 aromatic rings. The molecule has 0 aliphatic rings. The molecule has 0 bridgehead atoms. The van der Waals surface area contributed by atoms with E-state index in [0.29, 0.717) is 0 Å². The summed E-state index contributed by atoms with van der Waals surface area (Å²) in [4.78, 5) is 82.8. The van der Waals surface area contributed by atoms with Gasteiger partial charge in [0.25, 0.3) is 0 Å². The monoisotopic (exact) mass is 515 g/mol. The Morgan fingerprint density at radius 1 is 0.639 bits per heavy atom. The predicted molar refractivity (Wildman–Crippen MR) is 126 cm³/mol. The number of carbonyl (C=O) groups excluding carboxylic acids is 6. The summed E-state index contributed by atoms with van der Waals surface area (Å²) in [6, 6.07) is -5.11. The zero-order chi connectivity index (χ0) is 28.0. The molecule has 4 atom stereocenters. The van der Waals surface area contributed by atoms with Crippen molar-refractivity contribution in [3.63, 3.8) is 0 Å². The molecule has 12 N–H and O–H groups in total. The van der Waals surface area contributed by atoms with E-state index in [9.17, 15) is 38.7 Å². The van der Waals surface area contributed by atoms with Gasteiger partial charge in [-0.1, -0.05) is 13.8 Å². The molecule has 15 nitrogen and oxygen atoms in total. The quantitative estimate of drug-likeness (QED) is 0.0905. The highest BCUT2D eigenvalue weighted by molar-refractivity contribution is 5.94. The van der Waals surface area contributed by atoms with Gasteiger partial charge in [0.2, 0.25) is 35.4 Å². The molecule has 0 fully saturated rings. The first kappa shape index (κ1) is 32.2. The fourth-order valence-corrected chi connectivity index (χ4v) is 3.05. The third kappa shape index (κ3) is 13.8. The van der Waals surface area contributed by atoms with Crippen LogP contribution in [0.25, 0.3) is 0 Å². The number of nitrogens with two attached hydrogens (primary N) is 4. The largest absolute Gasteiger partial charge is 0.480 e. The van der Waals surface area contributed by atoms with Crippen LogP contribution in [-0.4, -0.2) is 70.7 Å². The van der Waals surface area contributed by atoms with Crippen LogP contribution in [0.2, 0.25) is 0 Å². The third-order valence-corrected chi connectivity index (χ3v) is 4.98. The van der Waals surface area contributed by atoms with E-state index < -0.39 is 65.6 Å². The number of hydrogen-bond donors (Lipinski definition) is 8. The molecule has 4 unspecified atom stereocenters. The second-order valence-corrected chi connectivity index (χ2v) is 8.77. The van der Waals surface area contributed by atoms with Gasteiger partial charge in [-0.25, -0.2) is 4.79 Å². The number of carboxylic acids is 1. The molecule has 0 saturated heterocycles. The lowest BCUT2D eigenvalue weighted by molar-refractivity contribution is -0.142. The van der Waals surface area contributed by atoms with Crippen LogP contribution in [0.5, 0.6) is 0 Å². The minimum absolute atomic E-state index is 0.0778. The third-order valence-electron chi connectivity index (χ3n) is 4.98. The van der Waals surface area contributed by atoms with Crippen molar-refractivity contribution in [3.8, 4) is 0 Å². The molecule has 0 saturated carbocycles. The van der Waals surface area contributed by atoms with Gasteiger partial charge in [-0.05, 0) is 31.6 Å². The van der Waals surface area contributed by atoms with E-state index in [1.54, 1.807) is 13.8 Å². The first-order valence-electron chi connectivity index (χ1n) is 11.4. The summed E-state index contributed by atoms with van der Waals surface area (Å²) in [6.45, 7) is 3.52. The normalized spacial score (nSPS) is 14.1. The van der Waals surface area contributed by atoms with Crippen LogP contribution in [0.4, 0.5) is 0 Å². The highest BCUT2D eigenvalue weighted by Crippen LogP contribution is 2.09. The lowest BCUT2D eigenvalue weighted by atomic mass is 10.0. The zero-order valence-electron chi connectivity index (χ0n) is 20.5. The maximum atomic E-state index is 13.0. The Labute approximate surface area is 208 Å². The Hall–Kier alpha value is -3.75. The highest BCUT2D eigenvalue weighted by Gasteiger charge is 2.31. The number of nitrogens with one attached hydrogen (secondary N) is 3. The van der Waals surface area contributed by atoms with E-state index in [4.69, 9.17) is 22.9 Å². The van der Waals surface area contributed by atoms with Gasteiger partial charge in [0, 0.05) is 19.3 Å². The number of hydrogen-bond acceptors (Lipinski definition) is 8. The summed E-state index contributed by atoms with van der Waals surface area (Å²) in [5, 5.41) is 16.4. The van der Waals surface area contributed by atoms with Crippen LogP contribution < -0.4 is 38.9 Å². The Kier molecular flexibility index (Phi) is 14.4. The van der Waals surface area contributed by atoms with E-state index in [0.717, 1.165) is 0 Å². The SMILES string of the molecule is CC(C)CC(NC(=O)C(CCC(N)=O)NC(=O)C(N)CCC(N)=O)C(=O)NC(CCC(N)=O)C(=O)O. The van der Waals surface area contributed by atoms with Gasteiger partial charge in [0.1, 0.15) is 18.1 Å². The summed E-state index contributed by atoms with van der Waals surface area (Å²) in [5.74, 6) is -6.11. The Morgan fingerprint density at radius 2 is 1.03 bits per heavy atom. The smallest absolute Gasteiger partial charge is 0.326 e. The molecule has 0 aliphatic heterocycles. The Morgan fingerprint density at radius 3 is 1.47 bits per heavy atom. The number of aliphatic carboxylic acids is 1. The van der Waals surface area contributed by atoms with Gasteiger partial charge < -0.3 is 44.0 Å². The number of carbonyl (C=O) groups is 7. The van der Waals surface area contributed by atoms with E-state index in [-0.39, 0.29) is 50.9 Å². The summed E-state index contributed by atoms with van der Waals surface area (Å²) >= 11 is 0. The van der Waals surface area contributed by atoms with Gasteiger partial charge in [0.05, 0.1) is 6.04 Å². The minimum Gasteiger partial charge on any atom is -0.480 e. The molecule has 0 heterocycles. The van der Waals surface area contributed by atoms with E-state index in [1.165, 1.54) is 0 Å². The topological polar surface area (TPSA) is 280 Å². The molecule has 15 heteroatoms. The minimum atomic E-state index is -1.43. The Bertz CT molecular complexity index is 833. The summed E-state index contributed by atoms with van der Waals surface area (Å²) in [6.07, 6.45) is -1.15. The van der Waals surface area contributed by atoms with Crippen molar-refractivity contribution in [1.82, 2.24) is 16.0 Å². The van der Waals surface area contributed by atoms with Gasteiger partial charge in [-0.15, -0.1) is 0 Å². The molecule has 36 heavy (non-hydrogen) atoms. The number of amides is 6. The van der Waals surface area contributed by atoms with Gasteiger partial charge in [-0.3, -0.25) is 28.8 Å². The van der Waals surface area contributed by atoms with Gasteiger partial charge in [0.15, 0.2) is 0 Å². The lowest BCUT2D eigenvalue weighted by Gasteiger charge is -2.26. The van der Waals surface area contributed by atoms with Crippen molar-refractivity contribution in [2.45, 2.75) is 83.0 Å². The molecule has 0 rings (SSSR count). The van der Waals surface area contributed by atoms with Crippen molar-refractivity contribution < 1.29 is 38.7 Å². The zero-order valence-corrected chi connectivity index (χ0v) is 20.5. The molecule has 204 valence electrons. The number of carboxylic acid groups (broad SMARTS) is 1. The molecule has 0 aromatic carbocycles. The summed E-state index contributed by atoms with van der Waals surface area (Å²) in [7, 11) is 0. The average Bonchev–Trinajstić information content (AvgIpc) is 2.75. The van der Waals surface area contributed by atoms with Crippen molar-refractivity contribution in [3.05, 3.63) is 0 Å². The standard InChI is InChI=1S/C21H37N7O8/c1-10(2)9-14(20(34)27-13(21(35)36)5-8-17(25)31)28-19(33)12(4-7-16(24)30)26-18(32)11(22)3-6-15(23)29/h10-14H,3-9,22H2,1-2H3,(H2,23,29)(H2,24,30)(H2,25,31)(H,26,32)(H,27,34)(H,28,33)(H,35,36). The fraction of sp³-hybridized carbons (Fsp3) is 0.667. The van der Waals surface area contributed by atoms with Crippen molar-refractivity contribution >= 4 is 41.4 Å². The first-order chi connectivity index (χ1) is 16.6. The molecular formula is C21H37N7O8.